The molecule has 1 unspecified atom stereocenters. The summed E-state index contributed by atoms with van der Waals surface area (Å²) in [6.45, 7) is 1.83. The van der Waals surface area contributed by atoms with Crippen LogP contribution in [0.4, 0.5) is 5.69 Å². The highest BCUT2D eigenvalue weighted by Gasteiger charge is 2.31. The number of rotatable bonds is 2. The van der Waals surface area contributed by atoms with Gasteiger partial charge in [0.1, 0.15) is 5.75 Å². The highest BCUT2D eigenvalue weighted by atomic mass is 16.5. The van der Waals surface area contributed by atoms with E-state index in [1.807, 2.05) is 16.8 Å². The summed E-state index contributed by atoms with van der Waals surface area (Å²) < 4.78 is 7.51. The van der Waals surface area contributed by atoms with Crippen molar-refractivity contribution in [2.45, 2.75) is 32.0 Å². The fourth-order valence-corrected chi connectivity index (χ4v) is 3.00. The summed E-state index contributed by atoms with van der Waals surface area (Å²) in [5.74, 6) is 0.195. The van der Waals surface area contributed by atoms with Gasteiger partial charge < -0.3 is 15.0 Å². The van der Waals surface area contributed by atoms with Crippen LogP contribution in [0, 0.1) is 0 Å². The normalized spacial score (nSPS) is 19.6. The van der Waals surface area contributed by atoms with Crippen LogP contribution in [-0.4, -0.2) is 44.4 Å². The Labute approximate surface area is 138 Å². The largest absolute Gasteiger partial charge is 0.478 e. The van der Waals surface area contributed by atoms with Crippen molar-refractivity contribution >= 4 is 17.5 Å². The second-order valence-electron chi connectivity index (χ2n) is 5.91. The lowest BCUT2D eigenvalue weighted by Crippen LogP contribution is -2.42. The van der Waals surface area contributed by atoms with E-state index in [2.05, 4.69) is 15.6 Å². The average Bonchev–Trinajstić information content (AvgIpc) is 2.92. The molecule has 2 aliphatic rings. The number of amides is 2. The zero-order valence-corrected chi connectivity index (χ0v) is 13.0. The zero-order chi connectivity index (χ0) is 16.5. The Morgan fingerprint density at radius 2 is 2.21 bits per heavy atom. The summed E-state index contributed by atoms with van der Waals surface area (Å²) in [6, 6.07) is 7.21. The van der Waals surface area contributed by atoms with Gasteiger partial charge in [0, 0.05) is 13.1 Å². The predicted molar refractivity (Wildman–Crippen MR) is 84.2 cm³/mol. The Kier molecular flexibility index (Phi) is 3.64. The molecule has 1 N–H and O–H groups in total. The Hall–Kier alpha value is -2.90. The summed E-state index contributed by atoms with van der Waals surface area (Å²) in [7, 11) is 0. The number of nitrogens with zero attached hydrogens (tertiary/aromatic N) is 4. The Bertz CT molecular complexity index is 788. The number of ether oxygens (including phenoxy) is 1. The van der Waals surface area contributed by atoms with Crippen LogP contribution in [0.5, 0.6) is 5.75 Å². The molecule has 2 aromatic rings. The maximum atomic E-state index is 12.6. The van der Waals surface area contributed by atoms with E-state index in [9.17, 15) is 9.59 Å². The lowest BCUT2D eigenvalue weighted by atomic mass is 10.1. The van der Waals surface area contributed by atoms with E-state index in [0.717, 1.165) is 18.7 Å². The molecule has 24 heavy (non-hydrogen) atoms. The number of carbonyl (C=O) groups is 2. The zero-order valence-electron chi connectivity index (χ0n) is 13.0. The summed E-state index contributed by atoms with van der Waals surface area (Å²) in [5, 5.41) is 10.7. The topological polar surface area (TPSA) is 89.4 Å². The quantitative estimate of drug-likeness (QED) is 0.881. The molecule has 0 radical (unpaired) electrons. The molecule has 0 saturated carbocycles. The summed E-state index contributed by atoms with van der Waals surface area (Å²) in [6.07, 6.45) is 1.69. The summed E-state index contributed by atoms with van der Waals surface area (Å²) in [4.78, 5) is 26.5. The SMILES string of the molecule is O=C1Nc2ccccc2OC1CC(=O)N1CCCn2nncc2C1. The molecule has 0 fully saturated rings. The lowest BCUT2D eigenvalue weighted by molar-refractivity contribution is -0.137. The third-order valence-corrected chi connectivity index (χ3v) is 4.27. The number of hydrogen-bond donors (Lipinski definition) is 1. The number of nitrogens with one attached hydrogen (secondary N) is 1. The van der Waals surface area contributed by atoms with Crippen molar-refractivity contribution in [3.8, 4) is 5.75 Å². The molecular weight excluding hydrogens is 310 g/mol. The Balaban J connectivity index is 1.46. The van der Waals surface area contributed by atoms with Crippen LogP contribution in [0.2, 0.25) is 0 Å². The van der Waals surface area contributed by atoms with E-state index >= 15 is 0 Å². The predicted octanol–water partition coefficient (Wildman–Crippen LogP) is 0.800. The third-order valence-electron chi connectivity index (χ3n) is 4.27. The van der Waals surface area contributed by atoms with Crippen molar-refractivity contribution in [3.05, 3.63) is 36.2 Å². The van der Waals surface area contributed by atoms with Gasteiger partial charge in [0.25, 0.3) is 5.91 Å². The van der Waals surface area contributed by atoms with E-state index in [4.69, 9.17) is 4.74 Å². The number of hydrogen-bond acceptors (Lipinski definition) is 5. The highest BCUT2D eigenvalue weighted by Crippen LogP contribution is 2.29. The second-order valence-corrected chi connectivity index (χ2v) is 5.91. The van der Waals surface area contributed by atoms with Crippen molar-refractivity contribution < 1.29 is 14.3 Å². The Morgan fingerprint density at radius 3 is 3.12 bits per heavy atom. The molecule has 3 heterocycles. The number of benzene rings is 1. The van der Waals surface area contributed by atoms with Crippen LogP contribution < -0.4 is 10.1 Å². The Morgan fingerprint density at radius 1 is 1.33 bits per heavy atom. The first-order chi connectivity index (χ1) is 11.7. The molecule has 1 aromatic carbocycles. The van der Waals surface area contributed by atoms with Crippen molar-refractivity contribution in [3.63, 3.8) is 0 Å². The van der Waals surface area contributed by atoms with Gasteiger partial charge in [-0.25, -0.2) is 4.68 Å². The van der Waals surface area contributed by atoms with Crippen LogP contribution in [0.3, 0.4) is 0 Å². The smallest absolute Gasteiger partial charge is 0.266 e. The van der Waals surface area contributed by atoms with Crippen LogP contribution >= 0.6 is 0 Å². The standard InChI is InChI=1S/C16H17N5O3/c22-15(20-6-3-7-21-11(10-20)9-17-19-21)8-14-16(23)18-12-4-1-2-5-13(12)24-14/h1-2,4-5,9,14H,3,6-8,10H2,(H,18,23). The number of carbonyl (C=O) groups excluding carboxylic acids is 2. The van der Waals surface area contributed by atoms with Crippen molar-refractivity contribution in [1.29, 1.82) is 0 Å². The maximum Gasteiger partial charge on any atom is 0.266 e. The number of anilines is 1. The molecule has 0 bridgehead atoms. The van der Waals surface area contributed by atoms with Gasteiger partial charge in [-0.3, -0.25) is 9.59 Å². The van der Waals surface area contributed by atoms with Gasteiger partial charge in [-0.1, -0.05) is 17.3 Å². The van der Waals surface area contributed by atoms with Gasteiger partial charge in [-0.05, 0) is 18.6 Å². The van der Waals surface area contributed by atoms with Crippen molar-refractivity contribution in [2.24, 2.45) is 0 Å². The molecule has 8 heteroatoms. The number of aryl methyl sites for hydroxylation is 1. The van der Waals surface area contributed by atoms with Gasteiger partial charge in [0.05, 0.1) is 30.5 Å². The minimum atomic E-state index is -0.807. The molecular formula is C16H17N5O3. The molecule has 0 aliphatic carbocycles. The van der Waals surface area contributed by atoms with Crippen LogP contribution in [0.15, 0.2) is 30.5 Å². The van der Waals surface area contributed by atoms with Crippen LogP contribution in [0.25, 0.3) is 0 Å². The van der Waals surface area contributed by atoms with Crippen molar-refractivity contribution in [2.75, 3.05) is 11.9 Å². The minimum Gasteiger partial charge on any atom is -0.478 e. The maximum absolute atomic E-state index is 12.6. The van der Waals surface area contributed by atoms with E-state index in [-0.39, 0.29) is 18.2 Å². The molecule has 0 spiro atoms. The monoisotopic (exact) mass is 327 g/mol. The van der Waals surface area contributed by atoms with E-state index < -0.39 is 6.10 Å². The van der Waals surface area contributed by atoms with E-state index in [0.29, 0.717) is 24.5 Å². The number of fused-ring (bicyclic) bond motifs is 2. The van der Waals surface area contributed by atoms with Crippen LogP contribution in [0.1, 0.15) is 18.5 Å². The first kappa shape index (κ1) is 14.7. The summed E-state index contributed by atoms with van der Waals surface area (Å²) in [5.41, 5.74) is 1.54. The number of para-hydroxylation sites is 2. The highest BCUT2D eigenvalue weighted by molar-refractivity contribution is 5.99. The van der Waals surface area contributed by atoms with Gasteiger partial charge in [-0.2, -0.15) is 0 Å². The van der Waals surface area contributed by atoms with Crippen LogP contribution in [-0.2, 0) is 22.7 Å². The van der Waals surface area contributed by atoms with Gasteiger partial charge in [-0.15, -0.1) is 5.10 Å². The molecule has 1 atom stereocenters. The fraction of sp³-hybridized carbons (Fsp3) is 0.375. The molecule has 2 amide bonds. The van der Waals surface area contributed by atoms with E-state index in [1.165, 1.54) is 0 Å². The first-order valence-electron chi connectivity index (χ1n) is 7.92. The molecule has 2 aliphatic heterocycles. The van der Waals surface area contributed by atoms with Crippen molar-refractivity contribution in [1.82, 2.24) is 19.9 Å². The number of aromatic nitrogens is 3. The molecule has 8 nitrogen and oxygen atoms in total. The third kappa shape index (κ3) is 2.70. The summed E-state index contributed by atoms with van der Waals surface area (Å²) >= 11 is 0. The van der Waals surface area contributed by atoms with Gasteiger partial charge in [0.2, 0.25) is 5.91 Å². The average molecular weight is 327 g/mol. The molecule has 124 valence electrons. The van der Waals surface area contributed by atoms with Gasteiger partial charge >= 0.3 is 0 Å². The molecule has 1 aromatic heterocycles. The molecule has 4 rings (SSSR count). The van der Waals surface area contributed by atoms with E-state index in [1.54, 1.807) is 23.2 Å². The second kappa shape index (κ2) is 5.95. The molecule has 0 saturated heterocycles. The van der Waals surface area contributed by atoms with Gasteiger partial charge in [0.15, 0.2) is 6.10 Å². The first-order valence-corrected chi connectivity index (χ1v) is 7.92. The fourth-order valence-electron chi connectivity index (χ4n) is 3.00. The lowest BCUT2D eigenvalue weighted by Gasteiger charge is -2.27. The minimum absolute atomic E-state index is 0.0156.